The zero-order valence-corrected chi connectivity index (χ0v) is 20.0. The molecule has 0 radical (unpaired) electrons. The number of hydrogen-bond acceptors (Lipinski definition) is 3. The molecule has 1 aliphatic rings. The van der Waals surface area contributed by atoms with Crippen LogP contribution in [0.15, 0.2) is 60.7 Å². The third-order valence-corrected chi connectivity index (χ3v) is 6.07. The number of carbonyl (C=O) groups is 2. The molecule has 1 heterocycles. The summed E-state index contributed by atoms with van der Waals surface area (Å²) in [4.78, 5) is 29.7. The van der Waals surface area contributed by atoms with E-state index < -0.39 is 17.9 Å². The van der Waals surface area contributed by atoms with E-state index in [9.17, 15) is 14.7 Å². The Morgan fingerprint density at radius 2 is 1.61 bits per heavy atom. The van der Waals surface area contributed by atoms with Gasteiger partial charge in [-0.2, -0.15) is 0 Å². The molecule has 2 aromatic carbocycles. The van der Waals surface area contributed by atoms with Gasteiger partial charge in [0.15, 0.2) is 0 Å². The second-order valence-electron chi connectivity index (χ2n) is 9.79. The van der Waals surface area contributed by atoms with Crippen LogP contribution >= 0.6 is 0 Å². The summed E-state index contributed by atoms with van der Waals surface area (Å²) in [7, 11) is 1.98. The fourth-order valence-electron chi connectivity index (χ4n) is 4.34. The van der Waals surface area contributed by atoms with Crippen LogP contribution in [0, 0.1) is 17.3 Å². The van der Waals surface area contributed by atoms with Gasteiger partial charge in [0.05, 0.1) is 12.5 Å². The topological polar surface area (TPSA) is 60.9 Å². The summed E-state index contributed by atoms with van der Waals surface area (Å²) in [5.41, 5.74) is 1.67. The van der Waals surface area contributed by atoms with Crippen LogP contribution in [-0.2, 0) is 9.59 Å². The average molecular weight is 447 g/mol. The molecule has 174 valence electrons. The van der Waals surface area contributed by atoms with Gasteiger partial charge in [-0.15, -0.1) is 0 Å². The van der Waals surface area contributed by atoms with E-state index in [4.69, 9.17) is 0 Å². The van der Waals surface area contributed by atoms with Gasteiger partial charge in [-0.05, 0) is 51.8 Å². The molecule has 0 bridgehead atoms. The molecule has 1 N–H and O–H groups in total. The van der Waals surface area contributed by atoms with Crippen molar-refractivity contribution >= 4 is 11.9 Å². The lowest BCUT2D eigenvalue weighted by atomic mass is 9.87. The normalized spacial score (nSPS) is 18.7. The van der Waals surface area contributed by atoms with Gasteiger partial charge < -0.3 is 10.0 Å². The maximum atomic E-state index is 13.8. The third kappa shape index (κ3) is 6.46. The van der Waals surface area contributed by atoms with E-state index in [1.165, 1.54) is 0 Å². The quantitative estimate of drug-likeness (QED) is 0.674. The SMILES string of the molecule is CN(CC#CC(C)(C)C)[C@@H]1CCN(C(=O)C(c2ccccc2)c2ccccc2)[C@H](C(=O)O)C1. The van der Waals surface area contributed by atoms with Crippen LogP contribution in [0.5, 0.6) is 0 Å². The first kappa shape index (κ1) is 24.5. The zero-order valence-electron chi connectivity index (χ0n) is 20.0. The predicted octanol–water partition coefficient (Wildman–Crippen LogP) is 4.24. The number of aliphatic carboxylic acids is 1. The molecule has 1 saturated heterocycles. The first-order valence-corrected chi connectivity index (χ1v) is 11.5. The molecule has 0 unspecified atom stereocenters. The van der Waals surface area contributed by atoms with E-state index >= 15 is 0 Å². The predicted molar refractivity (Wildman–Crippen MR) is 131 cm³/mol. The van der Waals surface area contributed by atoms with E-state index in [2.05, 4.69) is 37.5 Å². The van der Waals surface area contributed by atoms with Gasteiger partial charge in [0.1, 0.15) is 6.04 Å². The molecule has 0 saturated carbocycles. The Kier molecular flexibility index (Phi) is 7.94. The van der Waals surface area contributed by atoms with Crippen molar-refractivity contribution < 1.29 is 14.7 Å². The number of carboxylic acids is 1. The van der Waals surface area contributed by atoms with Gasteiger partial charge in [0.2, 0.25) is 5.91 Å². The van der Waals surface area contributed by atoms with Crippen molar-refractivity contribution in [3.05, 3.63) is 71.8 Å². The minimum atomic E-state index is -0.956. The molecule has 5 nitrogen and oxygen atoms in total. The standard InChI is InChI=1S/C28H34N2O3/c1-28(2,3)17-11-18-29(4)23-16-19-30(24(20-23)27(32)33)26(31)25(21-12-7-5-8-13-21)22-14-9-6-10-15-22/h5-10,12-15,23-25H,16,18-20H2,1-4H3,(H,32,33)/t23-,24+/m1/s1. The summed E-state index contributed by atoms with van der Waals surface area (Å²) in [6.45, 7) is 7.20. The van der Waals surface area contributed by atoms with E-state index in [-0.39, 0.29) is 17.4 Å². The minimum Gasteiger partial charge on any atom is -0.480 e. The Labute approximate surface area is 197 Å². The highest BCUT2D eigenvalue weighted by molar-refractivity contribution is 5.91. The zero-order chi connectivity index (χ0) is 24.0. The highest BCUT2D eigenvalue weighted by atomic mass is 16.4. The van der Waals surface area contributed by atoms with Crippen LogP contribution in [0.3, 0.4) is 0 Å². The Balaban J connectivity index is 1.82. The van der Waals surface area contributed by atoms with E-state index in [0.29, 0.717) is 19.5 Å². The summed E-state index contributed by atoms with van der Waals surface area (Å²) >= 11 is 0. The summed E-state index contributed by atoms with van der Waals surface area (Å²) in [6, 6.07) is 18.4. The summed E-state index contributed by atoms with van der Waals surface area (Å²) in [5, 5.41) is 10.0. The number of rotatable bonds is 6. The van der Waals surface area contributed by atoms with Crippen LogP contribution in [0.2, 0.25) is 0 Å². The second-order valence-corrected chi connectivity index (χ2v) is 9.79. The molecule has 0 spiro atoms. The number of nitrogens with zero attached hydrogens (tertiary/aromatic N) is 2. The lowest BCUT2D eigenvalue weighted by Crippen LogP contribution is -2.55. The lowest BCUT2D eigenvalue weighted by molar-refractivity contribution is -0.153. The van der Waals surface area contributed by atoms with Crippen LogP contribution in [-0.4, -0.2) is 59.0 Å². The number of carbonyl (C=O) groups excluding carboxylic acids is 1. The summed E-state index contributed by atoms with van der Waals surface area (Å²) < 4.78 is 0. The lowest BCUT2D eigenvalue weighted by Gasteiger charge is -2.41. The van der Waals surface area contributed by atoms with Crippen molar-refractivity contribution in [1.29, 1.82) is 0 Å². The highest BCUT2D eigenvalue weighted by Crippen LogP contribution is 2.31. The van der Waals surface area contributed by atoms with Crippen molar-refractivity contribution in [3.63, 3.8) is 0 Å². The molecule has 1 amide bonds. The molecule has 3 rings (SSSR count). The minimum absolute atomic E-state index is 0.0654. The summed E-state index contributed by atoms with van der Waals surface area (Å²) in [6.07, 6.45) is 1.12. The number of carboxylic acid groups (broad SMARTS) is 1. The maximum absolute atomic E-state index is 13.8. The Hall–Kier alpha value is -3.10. The fourth-order valence-corrected chi connectivity index (χ4v) is 4.34. The van der Waals surface area contributed by atoms with Gasteiger partial charge in [0.25, 0.3) is 0 Å². The number of benzene rings is 2. The Morgan fingerprint density at radius 3 is 2.09 bits per heavy atom. The second kappa shape index (κ2) is 10.7. The van der Waals surface area contributed by atoms with Crippen molar-refractivity contribution in [2.45, 2.75) is 51.6 Å². The van der Waals surface area contributed by atoms with Crippen molar-refractivity contribution in [1.82, 2.24) is 9.80 Å². The molecule has 0 aliphatic carbocycles. The van der Waals surface area contributed by atoms with Crippen LogP contribution in [0.4, 0.5) is 0 Å². The van der Waals surface area contributed by atoms with Gasteiger partial charge >= 0.3 is 5.97 Å². The van der Waals surface area contributed by atoms with Crippen molar-refractivity contribution in [3.8, 4) is 11.8 Å². The molecule has 5 heteroatoms. The molecule has 1 fully saturated rings. The highest BCUT2D eigenvalue weighted by Gasteiger charge is 2.40. The van der Waals surface area contributed by atoms with E-state index in [0.717, 1.165) is 17.5 Å². The maximum Gasteiger partial charge on any atom is 0.326 e. The van der Waals surface area contributed by atoms with Crippen LogP contribution in [0.1, 0.15) is 50.7 Å². The van der Waals surface area contributed by atoms with Crippen LogP contribution in [0.25, 0.3) is 0 Å². The molecule has 1 aliphatic heterocycles. The first-order valence-electron chi connectivity index (χ1n) is 11.5. The van der Waals surface area contributed by atoms with Crippen LogP contribution < -0.4 is 0 Å². The molecule has 2 aromatic rings. The van der Waals surface area contributed by atoms with Crippen molar-refractivity contribution in [2.24, 2.45) is 5.41 Å². The first-order chi connectivity index (χ1) is 15.7. The Bertz CT molecular complexity index is 963. The Morgan fingerprint density at radius 1 is 1.06 bits per heavy atom. The number of piperidine rings is 1. The molecule has 33 heavy (non-hydrogen) atoms. The average Bonchev–Trinajstić information content (AvgIpc) is 2.79. The fraction of sp³-hybridized carbons (Fsp3) is 0.429. The molecular formula is C28H34N2O3. The van der Waals surface area contributed by atoms with Gasteiger partial charge in [0, 0.05) is 18.0 Å². The number of likely N-dealkylation sites (tertiary alicyclic amines) is 1. The van der Waals surface area contributed by atoms with E-state index in [1.807, 2.05) is 67.7 Å². The number of amides is 1. The molecule has 2 atom stereocenters. The molecule has 0 aromatic heterocycles. The van der Waals surface area contributed by atoms with Gasteiger partial charge in [-0.1, -0.05) is 72.5 Å². The van der Waals surface area contributed by atoms with Gasteiger partial charge in [-0.25, -0.2) is 4.79 Å². The van der Waals surface area contributed by atoms with Crippen molar-refractivity contribution in [2.75, 3.05) is 20.1 Å². The van der Waals surface area contributed by atoms with E-state index in [1.54, 1.807) is 4.90 Å². The smallest absolute Gasteiger partial charge is 0.326 e. The molecular weight excluding hydrogens is 412 g/mol. The van der Waals surface area contributed by atoms with Gasteiger partial charge in [-0.3, -0.25) is 9.69 Å². The monoisotopic (exact) mass is 446 g/mol. The largest absolute Gasteiger partial charge is 0.480 e. The third-order valence-electron chi connectivity index (χ3n) is 6.07. The summed E-state index contributed by atoms with van der Waals surface area (Å²) in [5.74, 6) is 4.80. The number of hydrogen-bond donors (Lipinski definition) is 1.